The van der Waals surface area contributed by atoms with Crippen LogP contribution in [-0.4, -0.2) is 16.3 Å². The molecule has 0 aromatic rings. The molecule has 0 rings (SSSR count). The van der Waals surface area contributed by atoms with Gasteiger partial charge in [0.1, 0.15) is 0 Å². The fourth-order valence-electron chi connectivity index (χ4n) is 1.61. The van der Waals surface area contributed by atoms with E-state index in [1.54, 1.807) is 0 Å². The molecule has 0 spiro atoms. The molecule has 0 heterocycles. The van der Waals surface area contributed by atoms with Crippen LogP contribution in [0.2, 0.25) is 0 Å². The number of unbranched alkanes of at least 4 members (excludes halogenated alkanes) is 4. The largest absolute Gasteiger partial charge is 0.249 e. The third-order valence-corrected chi connectivity index (χ3v) is 2.66. The summed E-state index contributed by atoms with van der Waals surface area (Å²) >= 11 is 0. The van der Waals surface area contributed by atoms with Crippen LogP contribution in [0.25, 0.3) is 0 Å². The van der Waals surface area contributed by atoms with Crippen LogP contribution in [0.4, 0.5) is 0 Å². The lowest BCUT2D eigenvalue weighted by Crippen LogP contribution is -2.34. The van der Waals surface area contributed by atoms with Crippen molar-refractivity contribution in [2.45, 2.75) is 71.0 Å². The molecule has 15 heavy (non-hydrogen) atoms. The minimum Gasteiger partial charge on any atom is -0.249 e. The van der Waals surface area contributed by atoms with Gasteiger partial charge in [-0.05, 0) is 12.8 Å². The number of hydrogen-bond donors (Lipinski definition) is 2. The van der Waals surface area contributed by atoms with Gasteiger partial charge in [-0.2, -0.15) is 0 Å². The molecule has 0 amide bonds. The summed E-state index contributed by atoms with van der Waals surface area (Å²) in [5, 5.41) is 17.6. The summed E-state index contributed by atoms with van der Waals surface area (Å²) < 4.78 is 0. The zero-order chi connectivity index (χ0) is 11.6. The van der Waals surface area contributed by atoms with Gasteiger partial charge in [-0.1, -0.05) is 39.5 Å². The zero-order valence-electron chi connectivity index (χ0n) is 9.87. The Bertz CT molecular complexity index is 123. The summed E-state index contributed by atoms with van der Waals surface area (Å²) in [6.45, 7) is 4.19. The summed E-state index contributed by atoms with van der Waals surface area (Å²) in [4.78, 5) is 8.62. The summed E-state index contributed by atoms with van der Waals surface area (Å²) in [6, 6.07) is 0. The fourth-order valence-corrected chi connectivity index (χ4v) is 1.61. The van der Waals surface area contributed by atoms with Crippen molar-refractivity contribution in [1.29, 1.82) is 0 Å². The van der Waals surface area contributed by atoms with Crippen LogP contribution in [0.3, 0.4) is 0 Å². The number of rotatable bonds is 10. The second-order valence-electron chi connectivity index (χ2n) is 4.01. The van der Waals surface area contributed by atoms with E-state index in [4.69, 9.17) is 10.5 Å². The van der Waals surface area contributed by atoms with E-state index in [1.807, 2.05) is 0 Å². The molecular formula is C11H24O4. The van der Waals surface area contributed by atoms with E-state index in [0.717, 1.165) is 38.5 Å². The Balaban J connectivity index is 3.93. The van der Waals surface area contributed by atoms with Crippen molar-refractivity contribution in [3.63, 3.8) is 0 Å². The minimum atomic E-state index is -1.20. The first-order chi connectivity index (χ1) is 7.24. The molecular weight excluding hydrogens is 196 g/mol. The normalized spacial score (nSPS) is 12.0. The average molecular weight is 220 g/mol. The molecule has 0 atom stereocenters. The van der Waals surface area contributed by atoms with Gasteiger partial charge in [-0.15, -0.1) is 0 Å². The molecule has 0 saturated carbocycles. The standard InChI is InChI=1S/C11H24O4/c1-3-5-7-9-11(14-12,15-13)10-8-6-4-2/h12-13H,3-10H2,1-2H3. The molecule has 4 heteroatoms. The highest BCUT2D eigenvalue weighted by Gasteiger charge is 2.32. The maximum Gasteiger partial charge on any atom is 0.233 e. The van der Waals surface area contributed by atoms with Crippen LogP contribution in [0.5, 0.6) is 0 Å². The van der Waals surface area contributed by atoms with Crippen LogP contribution in [-0.2, 0) is 9.78 Å². The molecule has 0 aromatic heterocycles. The second-order valence-corrected chi connectivity index (χ2v) is 4.01. The van der Waals surface area contributed by atoms with Gasteiger partial charge in [0.15, 0.2) is 0 Å². The minimum absolute atomic E-state index is 0.525. The molecule has 0 aliphatic carbocycles. The van der Waals surface area contributed by atoms with E-state index < -0.39 is 5.79 Å². The van der Waals surface area contributed by atoms with Crippen LogP contribution >= 0.6 is 0 Å². The smallest absolute Gasteiger partial charge is 0.233 e. The molecule has 0 aliphatic rings. The van der Waals surface area contributed by atoms with Gasteiger partial charge >= 0.3 is 0 Å². The average Bonchev–Trinajstić information content (AvgIpc) is 2.28. The summed E-state index contributed by atoms with van der Waals surface area (Å²) in [5.41, 5.74) is 0. The highest BCUT2D eigenvalue weighted by Crippen LogP contribution is 2.26. The Morgan fingerprint density at radius 3 is 1.47 bits per heavy atom. The fraction of sp³-hybridized carbons (Fsp3) is 1.00. The molecule has 4 nitrogen and oxygen atoms in total. The van der Waals surface area contributed by atoms with E-state index >= 15 is 0 Å². The Kier molecular flexibility index (Phi) is 9.00. The van der Waals surface area contributed by atoms with E-state index in [0.29, 0.717) is 12.8 Å². The molecule has 0 unspecified atom stereocenters. The molecule has 0 saturated heterocycles. The molecule has 0 radical (unpaired) electrons. The van der Waals surface area contributed by atoms with Crippen LogP contribution in [0.15, 0.2) is 0 Å². The highest BCUT2D eigenvalue weighted by molar-refractivity contribution is 4.67. The lowest BCUT2D eigenvalue weighted by molar-refractivity contribution is -0.490. The van der Waals surface area contributed by atoms with Gasteiger partial charge in [0.25, 0.3) is 0 Å². The summed E-state index contributed by atoms with van der Waals surface area (Å²) in [5.74, 6) is -1.20. The first kappa shape index (κ1) is 14.8. The van der Waals surface area contributed by atoms with E-state index in [9.17, 15) is 0 Å². The van der Waals surface area contributed by atoms with Gasteiger partial charge in [0.05, 0.1) is 0 Å². The van der Waals surface area contributed by atoms with Crippen molar-refractivity contribution in [3.05, 3.63) is 0 Å². The zero-order valence-corrected chi connectivity index (χ0v) is 9.87. The lowest BCUT2D eigenvalue weighted by atomic mass is 10.0. The Hall–Kier alpha value is -0.160. The topological polar surface area (TPSA) is 58.9 Å². The van der Waals surface area contributed by atoms with Crippen molar-refractivity contribution in [2.75, 3.05) is 0 Å². The predicted molar refractivity (Wildman–Crippen MR) is 58.4 cm³/mol. The van der Waals surface area contributed by atoms with Gasteiger partial charge in [-0.25, -0.2) is 20.3 Å². The van der Waals surface area contributed by atoms with Crippen molar-refractivity contribution < 1.29 is 20.3 Å². The summed E-state index contributed by atoms with van der Waals surface area (Å²) in [6.07, 6.45) is 7.07. The van der Waals surface area contributed by atoms with Crippen molar-refractivity contribution in [2.24, 2.45) is 0 Å². The second kappa shape index (κ2) is 9.09. The molecule has 0 aromatic carbocycles. The van der Waals surface area contributed by atoms with Crippen molar-refractivity contribution in [1.82, 2.24) is 0 Å². The molecule has 92 valence electrons. The maximum absolute atomic E-state index is 8.79. The van der Waals surface area contributed by atoms with Gasteiger partial charge in [0, 0.05) is 12.8 Å². The Morgan fingerprint density at radius 1 is 0.800 bits per heavy atom. The third-order valence-electron chi connectivity index (χ3n) is 2.66. The first-order valence-corrected chi connectivity index (χ1v) is 5.89. The predicted octanol–water partition coefficient (Wildman–Crippen LogP) is 3.82. The van der Waals surface area contributed by atoms with Gasteiger partial charge < -0.3 is 0 Å². The number of hydrogen-bond acceptors (Lipinski definition) is 4. The Labute approximate surface area is 92.1 Å². The van der Waals surface area contributed by atoms with Gasteiger partial charge in [0.2, 0.25) is 5.79 Å². The molecule has 0 bridgehead atoms. The SMILES string of the molecule is CCCCCC(CCCCC)(OO)OO. The first-order valence-electron chi connectivity index (χ1n) is 5.89. The van der Waals surface area contributed by atoms with Crippen LogP contribution in [0.1, 0.15) is 65.2 Å². The summed E-state index contributed by atoms with van der Waals surface area (Å²) in [7, 11) is 0. The highest BCUT2D eigenvalue weighted by atomic mass is 17.2. The maximum atomic E-state index is 8.79. The molecule has 0 aliphatic heterocycles. The lowest BCUT2D eigenvalue weighted by Gasteiger charge is -2.26. The van der Waals surface area contributed by atoms with Crippen molar-refractivity contribution >= 4 is 0 Å². The van der Waals surface area contributed by atoms with E-state index in [2.05, 4.69) is 23.6 Å². The van der Waals surface area contributed by atoms with E-state index in [-0.39, 0.29) is 0 Å². The van der Waals surface area contributed by atoms with Crippen molar-refractivity contribution in [3.8, 4) is 0 Å². The Morgan fingerprint density at radius 2 is 1.20 bits per heavy atom. The monoisotopic (exact) mass is 220 g/mol. The molecule has 0 fully saturated rings. The third kappa shape index (κ3) is 6.10. The van der Waals surface area contributed by atoms with Crippen LogP contribution in [0, 0.1) is 0 Å². The van der Waals surface area contributed by atoms with Crippen LogP contribution < -0.4 is 0 Å². The quantitative estimate of drug-likeness (QED) is 0.254. The van der Waals surface area contributed by atoms with Gasteiger partial charge in [-0.3, -0.25) is 0 Å². The van der Waals surface area contributed by atoms with E-state index in [1.165, 1.54) is 0 Å². The molecule has 2 N–H and O–H groups in total.